The molecular formula is C27H32N4O3S2. The number of benzene rings is 1. The molecule has 0 spiro atoms. The molecule has 9 heteroatoms. The maximum Gasteiger partial charge on any atom is 0.270 e. The Bertz CT molecular complexity index is 1230. The van der Waals surface area contributed by atoms with Crippen LogP contribution >= 0.6 is 24.0 Å². The number of pyridine rings is 1. The highest BCUT2D eigenvalue weighted by Crippen LogP contribution is 2.35. The molecule has 0 atom stereocenters. The monoisotopic (exact) mass is 524 g/mol. The fourth-order valence-electron chi connectivity index (χ4n) is 4.05. The lowest BCUT2D eigenvalue weighted by molar-refractivity contribution is -0.122. The van der Waals surface area contributed by atoms with Crippen molar-refractivity contribution in [1.29, 1.82) is 5.26 Å². The van der Waals surface area contributed by atoms with Gasteiger partial charge in [0.25, 0.3) is 11.5 Å². The van der Waals surface area contributed by atoms with Gasteiger partial charge < -0.3 is 10.1 Å². The number of rotatable bonds is 12. The zero-order valence-electron chi connectivity index (χ0n) is 21.0. The molecule has 190 valence electrons. The maximum absolute atomic E-state index is 13.2. The molecule has 1 fully saturated rings. The fourth-order valence-corrected chi connectivity index (χ4v) is 5.34. The Morgan fingerprint density at radius 3 is 2.61 bits per heavy atom. The SMILES string of the molecule is CCCn1c(NCCc2ccccc2)c(/C=C2/SC(=S)N(CCCOCC)C2=O)c(C)c(C#N)c1=O. The van der Waals surface area contributed by atoms with Crippen molar-refractivity contribution in [3.8, 4) is 6.07 Å². The molecule has 2 heterocycles. The van der Waals surface area contributed by atoms with Crippen LogP contribution in [-0.4, -0.2) is 46.0 Å². The number of thioether (sulfide) groups is 1. The van der Waals surface area contributed by atoms with Crippen molar-refractivity contribution in [2.24, 2.45) is 0 Å². The van der Waals surface area contributed by atoms with Crippen molar-refractivity contribution in [3.63, 3.8) is 0 Å². The van der Waals surface area contributed by atoms with Gasteiger partial charge in [-0.15, -0.1) is 0 Å². The fraction of sp³-hybridized carbons (Fsp3) is 0.407. The first-order valence-corrected chi connectivity index (χ1v) is 13.4. The number of anilines is 1. The van der Waals surface area contributed by atoms with Crippen LogP contribution in [0.15, 0.2) is 40.0 Å². The van der Waals surface area contributed by atoms with Crippen molar-refractivity contribution in [3.05, 3.63) is 67.8 Å². The summed E-state index contributed by atoms with van der Waals surface area (Å²) in [6.45, 7) is 8.41. The molecule has 0 bridgehead atoms. The van der Waals surface area contributed by atoms with Crippen LogP contribution in [-0.2, 0) is 22.5 Å². The third-order valence-corrected chi connectivity index (χ3v) is 7.27. The zero-order chi connectivity index (χ0) is 26.1. The van der Waals surface area contributed by atoms with Crippen molar-refractivity contribution in [2.75, 3.05) is 31.6 Å². The van der Waals surface area contributed by atoms with Crippen molar-refractivity contribution in [1.82, 2.24) is 9.47 Å². The number of hydrogen-bond acceptors (Lipinski definition) is 7. The smallest absolute Gasteiger partial charge is 0.270 e. The van der Waals surface area contributed by atoms with Gasteiger partial charge in [0.2, 0.25) is 0 Å². The molecule has 36 heavy (non-hydrogen) atoms. The average molecular weight is 525 g/mol. The van der Waals surface area contributed by atoms with Gasteiger partial charge in [-0.3, -0.25) is 19.1 Å². The van der Waals surface area contributed by atoms with E-state index in [0.29, 0.717) is 65.4 Å². The summed E-state index contributed by atoms with van der Waals surface area (Å²) in [5.74, 6) is 0.457. The molecular weight excluding hydrogens is 492 g/mol. The van der Waals surface area contributed by atoms with Gasteiger partial charge >= 0.3 is 0 Å². The molecule has 1 aliphatic heterocycles. The molecule has 0 saturated carbocycles. The number of aromatic nitrogens is 1. The molecule has 1 saturated heterocycles. The van der Waals surface area contributed by atoms with Crippen LogP contribution < -0.4 is 10.9 Å². The first-order chi connectivity index (χ1) is 17.4. The summed E-state index contributed by atoms with van der Waals surface area (Å²) in [6, 6.07) is 12.2. The van der Waals surface area contributed by atoms with Gasteiger partial charge in [-0.05, 0) is 50.3 Å². The number of ether oxygens (including phenoxy) is 1. The van der Waals surface area contributed by atoms with E-state index in [1.807, 2.05) is 32.0 Å². The summed E-state index contributed by atoms with van der Waals surface area (Å²) in [6.07, 6.45) is 3.96. The van der Waals surface area contributed by atoms with E-state index in [9.17, 15) is 14.9 Å². The lowest BCUT2D eigenvalue weighted by Crippen LogP contribution is -2.30. The number of carbonyl (C=O) groups is 1. The van der Waals surface area contributed by atoms with Gasteiger partial charge in [0.1, 0.15) is 21.8 Å². The van der Waals surface area contributed by atoms with E-state index in [4.69, 9.17) is 17.0 Å². The summed E-state index contributed by atoms with van der Waals surface area (Å²) < 4.78 is 7.50. The van der Waals surface area contributed by atoms with Gasteiger partial charge in [0.05, 0.1) is 4.91 Å². The molecule has 2 aromatic rings. The largest absolute Gasteiger partial charge is 0.382 e. The van der Waals surface area contributed by atoms with E-state index >= 15 is 0 Å². The average Bonchev–Trinajstić information content (AvgIpc) is 3.14. The van der Waals surface area contributed by atoms with Crippen LogP contribution in [0.4, 0.5) is 5.82 Å². The summed E-state index contributed by atoms with van der Waals surface area (Å²) >= 11 is 6.72. The Labute approximate surface area is 222 Å². The number of nitrogens with zero attached hydrogens (tertiary/aromatic N) is 3. The second-order valence-corrected chi connectivity index (χ2v) is 10.1. The summed E-state index contributed by atoms with van der Waals surface area (Å²) in [7, 11) is 0. The Morgan fingerprint density at radius 2 is 1.94 bits per heavy atom. The van der Waals surface area contributed by atoms with Gasteiger partial charge in [0.15, 0.2) is 0 Å². The van der Waals surface area contributed by atoms with Crippen molar-refractivity contribution >= 4 is 46.1 Å². The van der Waals surface area contributed by atoms with Crippen LogP contribution in [0.3, 0.4) is 0 Å². The van der Waals surface area contributed by atoms with E-state index in [-0.39, 0.29) is 17.0 Å². The quantitative estimate of drug-likeness (QED) is 0.244. The Balaban J connectivity index is 1.98. The molecule has 1 aromatic heterocycles. The van der Waals surface area contributed by atoms with E-state index < -0.39 is 0 Å². The molecule has 1 aliphatic rings. The summed E-state index contributed by atoms with van der Waals surface area (Å²) in [5, 5.41) is 13.2. The van der Waals surface area contributed by atoms with E-state index in [1.165, 1.54) is 17.3 Å². The lowest BCUT2D eigenvalue weighted by Gasteiger charge is -2.20. The zero-order valence-corrected chi connectivity index (χ0v) is 22.6. The Morgan fingerprint density at radius 1 is 1.19 bits per heavy atom. The number of nitriles is 1. The van der Waals surface area contributed by atoms with Crippen LogP contribution in [0.25, 0.3) is 6.08 Å². The number of hydrogen-bond donors (Lipinski definition) is 1. The summed E-state index contributed by atoms with van der Waals surface area (Å²) in [4.78, 5) is 28.4. The van der Waals surface area contributed by atoms with Crippen LogP contribution in [0.5, 0.6) is 0 Å². The minimum absolute atomic E-state index is 0.0931. The second-order valence-electron chi connectivity index (χ2n) is 8.38. The number of thiocarbonyl (C=S) groups is 1. The van der Waals surface area contributed by atoms with E-state index in [2.05, 4.69) is 23.5 Å². The molecule has 0 unspecified atom stereocenters. The highest BCUT2D eigenvalue weighted by molar-refractivity contribution is 8.26. The molecule has 3 rings (SSSR count). The molecule has 1 N–H and O–H groups in total. The van der Waals surface area contributed by atoms with Crippen LogP contribution in [0, 0.1) is 18.3 Å². The van der Waals surface area contributed by atoms with Gasteiger partial charge in [-0.25, -0.2) is 0 Å². The highest BCUT2D eigenvalue weighted by Gasteiger charge is 2.32. The van der Waals surface area contributed by atoms with Crippen molar-refractivity contribution < 1.29 is 9.53 Å². The highest BCUT2D eigenvalue weighted by atomic mass is 32.2. The number of nitrogens with one attached hydrogen (secondary N) is 1. The van der Waals surface area contributed by atoms with Gasteiger partial charge in [0, 0.05) is 38.4 Å². The minimum Gasteiger partial charge on any atom is -0.382 e. The van der Waals surface area contributed by atoms with Gasteiger partial charge in [-0.2, -0.15) is 5.26 Å². The third-order valence-electron chi connectivity index (χ3n) is 5.89. The van der Waals surface area contributed by atoms with E-state index in [1.54, 1.807) is 22.5 Å². The van der Waals surface area contributed by atoms with Crippen molar-refractivity contribution in [2.45, 2.75) is 46.6 Å². The second kappa shape index (κ2) is 13.4. The molecule has 0 aliphatic carbocycles. The predicted octanol–water partition coefficient (Wildman–Crippen LogP) is 4.72. The Kier molecular flexibility index (Phi) is 10.3. The topological polar surface area (TPSA) is 87.4 Å². The molecule has 1 amide bonds. The first kappa shape index (κ1) is 27.7. The molecule has 0 radical (unpaired) electrons. The van der Waals surface area contributed by atoms with Crippen LogP contribution in [0.2, 0.25) is 0 Å². The molecule has 7 nitrogen and oxygen atoms in total. The van der Waals surface area contributed by atoms with Crippen LogP contribution in [0.1, 0.15) is 48.9 Å². The maximum atomic E-state index is 13.2. The molecule has 1 aromatic carbocycles. The standard InChI is InChI=1S/C27H32N4O3S2/c1-4-14-30-24(29-13-12-20-10-7-6-8-11-20)21(19(3)22(18-28)25(30)32)17-23-26(33)31(27(35)36-23)15-9-16-34-5-2/h6-8,10-11,17,29H,4-5,9,12-16H2,1-3H3/b23-17+. The van der Waals surface area contributed by atoms with Gasteiger partial charge in [-0.1, -0.05) is 61.2 Å². The minimum atomic E-state index is -0.320. The first-order valence-electron chi connectivity index (χ1n) is 12.2. The number of amides is 1. The third kappa shape index (κ3) is 6.44. The number of carbonyl (C=O) groups excluding carboxylic acids is 1. The summed E-state index contributed by atoms with van der Waals surface area (Å²) in [5.41, 5.74) is 2.17. The van der Waals surface area contributed by atoms with E-state index in [0.717, 1.165) is 12.8 Å². The normalized spacial score (nSPS) is 14.5. The lowest BCUT2D eigenvalue weighted by atomic mass is 10.0. The Hall–Kier alpha value is -2.93. The predicted molar refractivity (Wildman–Crippen MR) is 150 cm³/mol.